The summed E-state index contributed by atoms with van der Waals surface area (Å²) in [5.74, 6) is -2.14. The van der Waals surface area contributed by atoms with Crippen LogP contribution in [-0.4, -0.2) is 15.8 Å². The molecular weight excluding hydrogens is 314 g/mol. The lowest BCUT2D eigenvalue weighted by Crippen LogP contribution is -2.20. The lowest BCUT2D eigenvalue weighted by molar-refractivity contribution is 0.262. The molecule has 5 nitrogen and oxygen atoms in total. The van der Waals surface area contributed by atoms with Crippen LogP contribution in [0.3, 0.4) is 0 Å². The van der Waals surface area contributed by atoms with Gasteiger partial charge in [0.1, 0.15) is 0 Å². The number of halogens is 2. The summed E-state index contributed by atoms with van der Waals surface area (Å²) in [7, 11) is 1.75. The Bertz CT molecular complexity index is 878. The molecule has 3 rings (SSSR count). The minimum Gasteiger partial charge on any atom is -0.305 e. The molecule has 1 heterocycles. The van der Waals surface area contributed by atoms with Crippen molar-refractivity contribution in [3.63, 3.8) is 0 Å². The molecule has 7 heteroatoms. The molecule has 0 aliphatic heterocycles. The first kappa shape index (κ1) is 15.7. The number of urea groups is 1. The highest BCUT2D eigenvalue weighted by Gasteiger charge is 2.15. The standard InChI is InChI=1S/C17H14F2N4O/c1-23-16(11-6-3-2-4-7-11)14(10-20-23)22-17(24)21-13-9-5-8-12(18)15(13)19/h2-10H,1H3,(H2,21,22,24). The number of hydrogen-bond acceptors (Lipinski definition) is 2. The van der Waals surface area contributed by atoms with Crippen LogP contribution in [0.5, 0.6) is 0 Å². The lowest BCUT2D eigenvalue weighted by Gasteiger charge is -2.10. The number of nitrogens with one attached hydrogen (secondary N) is 2. The number of carbonyl (C=O) groups is 1. The number of amides is 2. The van der Waals surface area contributed by atoms with Gasteiger partial charge >= 0.3 is 6.03 Å². The third kappa shape index (κ3) is 3.10. The van der Waals surface area contributed by atoms with Crippen LogP contribution in [0.2, 0.25) is 0 Å². The topological polar surface area (TPSA) is 59.0 Å². The van der Waals surface area contributed by atoms with Crippen molar-refractivity contribution in [3.05, 3.63) is 66.4 Å². The Balaban J connectivity index is 1.82. The zero-order valence-corrected chi connectivity index (χ0v) is 12.8. The molecule has 0 bridgehead atoms. The second kappa shape index (κ2) is 6.49. The third-order valence-electron chi connectivity index (χ3n) is 3.43. The van der Waals surface area contributed by atoms with Crippen molar-refractivity contribution in [3.8, 4) is 11.3 Å². The minimum atomic E-state index is -1.11. The summed E-state index contributed by atoms with van der Waals surface area (Å²) >= 11 is 0. The van der Waals surface area contributed by atoms with Crippen molar-refractivity contribution in [1.82, 2.24) is 9.78 Å². The first-order valence-corrected chi connectivity index (χ1v) is 7.15. The molecule has 1 aromatic heterocycles. The molecule has 2 N–H and O–H groups in total. The predicted octanol–water partition coefficient (Wildman–Crippen LogP) is 4.01. The van der Waals surface area contributed by atoms with E-state index in [2.05, 4.69) is 15.7 Å². The fourth-order valence-corrected chi connectivity index (χ4v) is 2.34. The normalized spacial score (nSPS) is 10.5. The van der Waals surface area contributed by atoms with E-state index in [9.17, 15) is 13.6 Å². The summed E-state index contributed by atoms with van der Waals surface area (Å²) in [6, 6.07) is 12.3. The molecule has 0 atom stereocenters. The van der Waals surface area contributed by atoms with Gasteiger partial charge in [0, 0.05) is 12.6 Å². The molecule has 3 aromatic rings. The molecule has 0 saturated carbocycles. The number of hydrogen-bond donors (Lipinski definition) is 2. The molecule has 122 valence electrons. The summed E-state index contributed by atoms with van der Waals surface area (Å²) in [6.45, 7) is 0. The molecule has 0 aliphatic carbocycles. The average molecular weight is 328 g/mol. The van der Waals surface area contributed by atoms with Gasteiger partial charge in [-0.3, -0.25) is 4.68 Å². The van der Waals surface area contributed by atoms with E-state index in [4.69, 9.17) is 0 Å². The number of benzene rings is 2. The lowest BCUT2D eigenvalue weighted by atomic mass is 10.1. The van der Waals surface area contributed by atoms with Gasteiger partial charge in [-0.1, -0.05) is 36.4 Å². The largest absolute Gasteiger partial charge is 0.323 e. The van der Waals surface area contributed by atoms with Gasteiger partial charge in [0.15, 0.2) is 11.6 Å². The van der Waals surface area contributed by atoms with Gasteiger partial charge < -0.3 is 10.6 Å². The van der Waals surface area contributed by atoms with Crippen LogP contribution in [0.4, 0.5) is 25.0 Å². The quantitative estimate of drug-likeness (QED) is 0.763. The first-order chi connectivity index (χ1) is 11.6. The highest BCUT2D eigenvalue weighted by molar-refractivity contribution is 6.01. The Hall–Kier alpha value is -3.22. The van der Waals surface area contributed by atoms with Gasteiger partial charge in [-0.05, 0) is 12.1 Å². The molecule has 0 fully saturated rings. The number of anilines is 2. The number of carbonyl (C=O) groups excluding carboxylic acids is 1. The van der Waals surface area contributed by atoms with Crippen LogP contribution in [0, 0.1) is 11.6 Å². The van der Waals surface area contributed by atoms with Crippen molar-refractivity contribution < 1.29 is 13.6 Å². The Kier molecular flexibility index (Phi) is 4.24. The predicted molar refractivity (Wildman–Crippen MR) is 87.6 cm³/mol. The van der Waals surface area contributed by atoms with E-state index in [1.807, 2.05) is 30.3 Å². The van der Waals surface area contributed by atoms with E-state index in [-0.39, 0.29) is 5.69 Å². The monoisotopic (exact) mass is 328 g/mol. The van der Waals surface area contributed by atoms with Gasteiger partial charge in [-0.25, -0.2) is 13.6 Å². The van der Waals surface area contributed by atoms with Gasteiger partial charge in [0.25, 0.3) is 0 Å². The highest BCUT2D eigenvalue weighted by atomic mass is 19.2. The molecule has 2 amide bonds. The Morgan fingerprint density at radius 1 is 1.00 bits per heavy atom. The first-order valence-electron chi connectivity index (χ1n) is 7.15. The number of aryl methyl sites for hydroxylation is 1. The smallest absolute Gasteiger partial charge is 0.305 e. The Labute approximate surface area is 136 Å². The molecular formula is C17H14F2N4O. The van der Waals surface area contributed by atoms with Gasteiger partial charge in [0.05, 0.1) is 23.3 Å². The number of aromatic nitrogens is 2. The van der Waals surface area contributed by atoms with Crippen molar-refractivity contribution in [2.24, 2.45) is 7.05 Å². The van der Waals surface area contributed by atoms with E-state index in [0.29, 0.717) is 11.4 Å². The molecule has 2 aromatic carbocycles. The van der Waals surface area contributed by atoms with E-state index in [0.717, 1.165) is 11.6 Å². The second-order valence-corrected chi connectivity index (χ2v) is 5.08. The van der Waals surface area contributed by atoms with Crippen molar-refractivity contribution in [2.75, 3.05) is 10.6 Å². The third-order valence-corrected chi connectivity index (χ3v) is 3.43. The summed E-state index contributed by atoms with van der Waals surface area (Å²) in [5.41, 5.74) is 1.78. The molecule has 0 radical (unpaired) electrons. The Morgan fingerprint density at radius 2 is 1.71 bits per heavy atom. The van der Waals surface area contributed by atoms with E-state index < -0.39 is 17.7 Å². The van der Waals surface area contributed by atoms with E-state index in [1.165, 1.54) is 18.3 Å². The SMILES string of the molecule is Cn1ncc(NC(=O)Nc2cccc(F)c2F)c1-c1ccccc1. The number of rotatable bonds is 3. The zero-order chi connectivity index (χ0) is 17.1. The van der Waals surface area contributed by atoms with Gasteiger partial charge in [-0.15, -0.1) is 0 Å². The van der Waals surface area contributed by atoms with Crippen molar-refractivity contribution in [1.29, 1.82) is 0 Å². The maximum Gasteiger partial charge on any atom is 0.323 e. The molecule has 0 saturated heterocycles. The second-order valence-electron chi connectivity index (χ2n) is 5.08. The average Bonchev–Trinajstić information content (AvgIpc) is 2.93. The molecule has 0 spiro atoms. The van der Waals surface area contributed by atoms with Gasteiger partial charge in [0.2, 0.25) is 0 Å². The zero-order valence-electron chi connectivity index (χ0n) is 12.8. The van der Waals surface area contributed by atoms with Gasteiger partial charge in [-0.2, -0.15) is 5.10 Å². The van der Waals surface area contributed by atoms with Crippen LogP contribution in [-0.2, 0) is 7.05 Å². The van der Waals surface area contributed by atoms with E-state index in [1.54, 1.807) is 11.7 Å². The van der Waals surface area contributed by atoms with Crippen molar-refractivity contribution in [2.45, 2.75) is 0 Å². The van der Waals surface area contributed by atoms with Crippen LogP contribution >= 0.6 is 0 Å². The Morgan fingerprint density at radius 3 is 2.46 bits per heavy atom. The van der Waals surface area contributed by atoms with Crippen LogP contribution in [0.15, 0.2) is 54.7 Å². The maximum absolute atomic E-state index is 13.6. The van der Waals surface area contributed by atoms with E-state index >= 15 is 0 Å². The fraction of sp³-hybridized carbons (Fsp3) is 0.0588. The highest BCUT2D eigenvalue weighted by Crippen LogP contribution is 2.27. The van der Waals surface area contributed by atoms with Crippen LogP contribution in [0.25, 0.3) is 11.3 Å². The number of nitrogens with zero attached hydrogens (tertiary/aromatic N) is 2. The summed E-state index contributed by atoms with van der Waals surface area (Å²) in [6.07, 6.45) is 1.49. The van der Waals surface area contributed by atoms with Crippen LogP contribution < -0.4 is 10.6 Å². The maximum atomic E-state index is 13.6. The molecule has 0 unspecified atom stereocenters. The summed E-state index contributed by atoms with van der Waals surface area (Å²) < 4.78 is 28.4. The summed E-state index contributed by atoms with van der Waals surface area (Å²) in [4.78, 5) is 12.1. The van der Waals surface area contributed by atoms with Crippen molar-refractivity contribution >= 4 is 17.4 Å². The van der Waals surface area contributed by atoms with Crippen LogP contribution in [0.1, 0.15) is 0 Å². The minimum absolute atomic E-state index is 0.238. The molecule has 0 aliphatic rings. The fourth-order valence-electron chi connectivity index (χ4n) is 2.34. The summed E-state index contributed by atoms with van der Waals surface area (Å²) in [5, 5.41) is 9.01. The molecule has 24 heavy (non-hydrogen) atoms.